The summed E-state index contributed by atoms with van der Waals surface area (Å²) >= 11 is 1.48. The lowest BCUT2D eigenvalue weighted by atomic mass is 9.96. The number of nitrogens with zero attached hydrogens (tertiary/aromatic N) is 2. The maximum atomic E-state index is 12.0. The number of anilines is 1. The number of thiazole rings is 1. The molecule has 1 saturated heterocycles. The maximum Gasteiger partial charge on any atom is 0.321 e. The number of amides is 4. The Kier molecular flexibility index (Phi) is 5.46. The van der Waals surface area contributed by atoms with Crippen LogP contribution in [0.5, 0.6) is 0 Å². The van der Waals surface area contributed by atoms with Crippen LogP contribution in [-0.2, 0) is 5.41 Å². The Hall–Kier alpha value is -1.83. The third-order valence-corrected chi connectivity index (χ3v) is 5.19. The van der Waals surface area contributed by atoms with Gasteiger partial charge in [0.15, 0.2) is 5.13 Å². The number of nitrogens with two attached hydrogens (primary N) is 1. The second kappa shape index (κ2) is 7.16. The average molecular weight is 339 g/mol. The summed E-state index contributed by atoms with van der Waals surface area (Å²) < 4.78 is 0. The van der Waals surface area contributed by atoms with Gasteiger partial charge in [0.1, 0.15) is 0 Å². The van der Waals surface area contributed by atoms with Gasteiger partial charge in [-0.15, -0.1) is 11.3 Å². The van der Waals surface area contributed by atoms with E-state index < -0.39 is 6.03 Å². The molecule has 4 amide bonds. The van der Waals surface area contributed by atoms with E-state index in [4.69, 9.17) is 5.73 Å². The molecule has 0 radical (unpaired) electrons. The molecule has 8 heteroatoms. The molecule has 23 heavy (non-hydrogen) atoms. The highest BCUT2D eigenvalue weighted by Crippen LogP contribution is 2.29. The Bertz CT molecular complexity index is 566. The molecule has 1 aliphatic heterocycles. The standard InChI is InChI=1S/C15H25N5O2S/c1-15(2,3)11-8-18-14(23-11)19-13(22)17-7-10-5-4-6-20(9-10)12(16)21/h8,10H,4-7,9H2,1-3H3,(H2,16,21)(H2,17,18,19,22). The molecule has 4 N–H and O–H groups in total. The van der Waals surface area contributed by atoms with Gasteiger partial charge in [0.05, 0.1) is 0 Å². The first-order valence-corrected chi connectivity index (χ1v) is 8.63. The van der Waals surface area contributed by atoms with Crippen molar-refractivity contribution in [1.29, 1.82) is 0 Å². The summed E-state index contributed by atoms with van der Waals surface area (Å²) in [5, 5.41) is 6.20. The van der Waals surface area contributed by atoms with Gasteiger partial charge in [-0.3, -0.25) is 5.32 Å². The summed E-state index contributed by atoms with van der Waals surface area (Å²) in [6.45, 7) is 8.15. The van der Waals surface area contributed by atoms with E-state index in [1.807, 2.05) is 0 Å². The predicted molar refractivity (Wildman–Crippen MR) is 91.7 cm³/mol. The van der Waals surface area contributed by atoms with Crippen molar-refractivity contribution in [1.82, 2.24) is 15.2 Å². The van der Waals surface area contributed by atoms with E-state index in [-0.39, 0.29) is 17.4 Å². The number of nitrogens with one attached hydrogen (secondary N) is 2. The number of carbonyl (C=O) groups excluding carboxylic acids is 2. The SMILES string of the molecule is CC(C)(C)c1cnc(NC(=O)NCC2CCCN(C(N)=O)C2)s1. The minimum atomic E-state index is -0.392. The highest BCUT2D eigenvalue weighted by atomic mass is 32.1. The zero-order valence-corrected chi connectivity index (χ0v) is 14.7. The molecule has 1 unspecified atom stereocenters. The van der Waals surface area contributed by atoms with Crippen molar-refractivity contribution in [2.24, 2.45) is 11.7 Å². The number of aromatic nitrogens is 1. The van der Waals surface area contributed by atoms with E-state index in [1.165, 1.54) is 11.3 Å². The van der Waals surface area contributed by atoms with Crippen molar-refractivity contribution in [2.45, 2.75) is 39.0 Å². The van der Waals surface area contributed by atoms with Crippen LogP contribution >= 0.6 is 11.3 Å². The van der Waals surface area contributed by atoms with Crippen LogP contribution in [0.25, 0.3) is 0 Å². The van der Waals surface area contributed by atoms with Crippen molar-refractivity contribution >= 4 is 28.5 Å². The summed E-state index contributed by atoms with van der Waals surface area (Å²) in [7, 11) is 0. The van der Waals surface area contributed by atoms with Crippen LogP contribution < -0.4 is 16.4 Å². The van der Waals surface area contributed by atoms with Crippen molar-refractivity contribution in [3.05, 3.63) is 11.1 Å². The van der Waals surface area contributed by atoms with Gasteiger partial charge in [0.25, 0.3) is 0 Å². The Balaban J connectivity index is 1.79. The summed E-state index contributed by atoms with van der Waals surface area (Å²) in [6.07, 6.45) is 3.69. The van der Waals surface area contributed by atoms with Gasteiger partial charge in [-0.05, 0) is 24.2 Å². The van der Waals surface area contributed by atoms with E-state index in [1.54, 1.807) is 11.1 Å². The summed E-state index contributed by atoms with van der Waals surface area (Å²) in [5.41, 5.74) is 5.33. The van der Waals surface area contributed by atoms with Gasteiger partial charge in [-0.25, -0.2) is 14.6 Å². The molecule has 0 bridgehead atoms. The van der Waals surface area contributed by atoms with Crippen LogP contribution in [0.1, 0.15) is 38.5 Å². The monoisotopic (exact) mass is 339 g/mol. The summed E-state index contributed by atoms with van der Waals surface area (Å²) in [6, 6.07) is -0.660. The molecule has 2 rings (SSSR count). The van der Waals surface area contributed by atoms with Gasteiger partial charge >= 0.3 is 12.1 Å². The Morgan fingerprint density at radius 1 is 1.48 bits per heavy atom. The van der Waals surface area contributed by atoms with Gasteiger partial charge in [-0.1, -0.05) is 20.8 Å². The van der Waals surface area contributed by atoms with Crippen LogP contribution in [0.15, 0.2) is 6.20 Å². The quantitative estimate of drug-likeness (QED) is 0.788. The second-order valence-corrected chi connectivity index (χ2v) is 7.94. The highest BCUT2D eigenvalue weighted by molar-refractivity contribution is 7.15. The highest BCUT2D eigenvalue weighted by Gasteiger charge is 2.23. The molecular formula is C15H25N5O2S. The molecule has 1 atom stereocenters. The first-order valence-electron chi connectivity index (χ1n) is 7.81. The molecule has 1 aliphatic rings. The predicted octanol–water partition coefficient (Wildman–Crippen LogP) is 2.35. The largest absolute Gasteiger partial charge is 0.351 e. The smallest absolute Gasteiger partial charge is 0.321 e. The number of hydrogen-bond donors (Lipinski definition) is 3. The van der Waals surface area contributed by atoms with Gasteiger partial charge in [0, 0.05) is 30.7 Å². The molecule has 0 saturated carbocycles. The Morgan fingerprint density at radius 3 is 2.83 bits per heavy atom. The first kappa shape index (κ1) is 17.5. The number of piperidine rings is 1. The zero-order chi connectivity index (χ0) is 17.0. The van der Waals surface area contributed by atoms with Crippen LogP contribution in [0.4, 0.5) is 14.7 Å². The average Bonchev–Trinajstić information content (AvgIpc) is 2.94. The van der Waals surface area contributed by atoms with Crippen molar-refractivity contribution in [3.63, 3.8) is 0 Å². The molecule has 128 valence electrons. The molecule has 1 aromatic heterocycles. The van der Waals surface area contributed by atoms with Crippen molar-refractivity contribution in [2.75, 3.05) is 25.0 Å². The lowest BCUT2D eigenvalue weighted by Crippen LogP contribution is -2.46. The lowest BCUT2D eigenvalue weighted by molar-refractivity contribution is 0.173. The molecule has 1 fully saturated rings. The number of urea groups is 2. The maximum absolute atomic E-state index is 12.0. The molecule has 1 aromatic rings. The molecular weight excluding hydrogens is 314 g/mol. The fraction of sp³-hybridized carbons (Fsp3) is 0.667. The zero-order valence-electron chi connectivity index (χ0n) is 13.9. The Labute approximate surface area is 140 Å². The minimum Gasteiger partial charge on any atom is -0.351 e. The number of likely N-dealkylation sites (tertiary alicyclic amines) is 1. The van der Waals surface area contributed by atoms with Gasteiger partial charge in [0.2, 0.25) is 0 Å². The molecule has 2 heterocycles. The van der Waals surface area contributed by atoms with Crippen LogP contribution in [0.2, 0.25) is 0 Å². The summed E-state index contributed by atoms with van der Waals surface area (Å²) in [5.74, 6) is 0.239. The van der Waals surface area contributed by atoms with Crippen LogP contribution in [0, 0.1) is 5.92 Å². The van der Waals surface area contributed by atoms with Gasteiger partial charge < -0.3 is 16.0 Å². The molecule has 0 spiro atoms. The van der Waals surface area contributed by atoms with E-state index in [0.717, 1.165) is 17.7 Å². The molecule has 0 aromatic carbocycles. The minimum absolute atomic E-state index is 0.0222. The fourth-order valence-electron chi connectivity index (χ4n) is 2.49. The number of carbonyl (C=O) groups is 2. The molecule has 0 aliphatic carbocycles. The van der Waals surface area contributed by atoms with Crippen molar-refractivity contribution < 1.29 is 9.59 Å². The third-order valence-electron chi connectivity index (χ3n) is 3.85. The van der Waals surface area contributed by atoms with E-state index in [2.05, 4.69) is 36.4 Å². The number of rotatable bonds is 3. The number of primary amides is 1. The Morgan fingerprint density at radius 2 is 2.22 bits per heavy atom. The first-order chi connectivity index (χ1) is 10.8. The van der Waals surface area contributed by atoms with E-state index >= 15 is 0 Å². The second-order valence-electron chi connectivity index (χ2n) is 6.91. The lowest BCUT2D eigenvalue weighted by Gasteiger charge is -2.31. The van der Waals surface area contributed by atoms with Gasteiger partial charge in [-0.2, -0.15) is 0 Å². The van der Waals surface area contributed by atoms with E-state index in [0.29, 0.717) is 24.8 Å². The normalized spacial score (nSPS) is 18.6. The van der Waals surface area contributed by atoms with Crippen molar-refractivity contribution in [3.8, 4) is 0 Å². The summed E-state index contributed by atoms with van der Waals surface area (Å²) in [4.78, 5) is 30.2. The topological polar surface area (TPSA) is 100 Å². The molecule has 7 nitrogen and oxygen atoms in total. The third kappa shape index (κ3) is 5.09. The van der Waals surface area contributed by atoms with Crippen LogP contribution in [-0.4, -0.2) is 41.6 Å². The number of hydrogen-bond acceptors (Lipinski definition) is 4. The fourth-order valence-corrected chi connectivity index (χ4v) is 3.36. The van der Waals surface area contributed by atoms with Crippen LogP contribution in [0.3, 0.4) is 0 Å². The van der Waals surface area contributed by atoms with E-state index in [9.17, 15) is 9.59 Å².